The van der Waals surface area contributed by atoms with Gasteiger partial charge in [0, 0.05) is 17.7 Å². The van der Waals surface area contributed by atoms with Gasteiger partial charge in [-0.25, -0.2) is 9.78 Å². The van der Waals surface area contributed by atoms with E-state index in [0.29, 0.717) is 28.2 Å². The van der Waals surface area contributed by atoms with E-state index in [2.05, 4.69) is 41.7 Å². The number of carboxylic acids is 1. The summed E-state index contributed by atoms with van der Waals surface area (Å²) in [5.41, 5.74) is 2.01. The largest absolute Gasteiger partial charge is 0.493 e. The minimum atomic E-state index is -4.74. The molecule has 6 aromatic rings. The summed E-state index contributed by atoms with van der Waals surface area (Å²) in [4.78, 5) is 15.7. The first-order chi connectivity index (χ1) is 31.0. The number of para-hydroxylation sites is 2. The second kappa shape index (κ2) is 19.4. The molecule has 4 aromatic carbocycles. The third-order valence-corrected chi connectivity index (χ3v) is 12.0. The lowest BCUT2D eigenvalue weighted by Crippen LogP contribution is -2.08. The zero-order valence-corrected chi connectivity index (χ0v) is 37.2. The molecule has 0 saturated carbocycles. The maximum atomic E-state index is 11.9. The number of nitriles is 1. The fraction of sp³-hybridized carbons (Fsp3) is 0.225. The van der Waals surface area contributed by atoms with E-state index in [4.69, 9.17) is 9.47 Å². The highest BCUT2D eigenvalue weighted by molar-refractivity contribution is 7.86. The molecular weight excluding hydrogens is 927 g/mol. The first-order valence-corrected chi connectivity index (χ1v) is 23.8. The number of aryl methyl sites for hydroxylation is 2. The molecule has 0 saturated heterocycles. The quantitative estimate of drug-likeness (QED) is 0.0306. The van der Waals surface area contributed by atoms with E-state index < -0.39 is 58.3 Å². The van der Waals surface area contributed by atoms with E-state index in [1.165, 1.54) is 28.7 Å². The molecule has 344 valence electrons. The topological polar surface area (TPSA) is 354 Å². The van der Waals surface area contributed by atoms with Gasteiger partial charge in [-0.1, -0.05) is 12.1 Å². The first-order valence-electron chi connectivity index (χ1n) is 19.1. The van der Waals surface area contributed by atoms with Crippen LogP contribution in [0.15, 0.2) is 102 Å². The molecule has 23 nitrogen and oxygen atoms in total. The van der Waals surface area contributed by atoms with Crippen molar-refractivity contribution in [2.45, 2.75) is 38.5 Å². The first kappa shape index (κ1) is 48.2. The van der Waals surface area contributed by atoms with Gasteiger partial charge in [0.15, 0.2) is 11.3 Å². The van der Waals surface area contributed by atoms with E-state index >= 15 is 0 Å². The van der Waals surface area contributed by atoms with Gasteiger partial charge in [0.1, 0.15) is 40.2 Å². The van der Waals surface area contributed by atoms with Crippen LogP contribution in [0.25, 0.3) is 16.7 Å². The lowest BCUT2D eigenvalue weighted by molar-refractivity contribution is 0.0697. The number of aromatic hydroxyl groups is 1. The maximum Gasteiger partial charge on any atom is 0.338 e. The molecule has 26 heteroatoms. The van der Waals surface area contributed by atoms with Crippen LogP contribution in [-0.2, 0) is 30.4 Å². The summed E-state index contributed by atoms with van der Waals surface area (Å²) >= 11 is 0. The summed E-state index contributed by atoms with van der Waals surface area (Å²) in [5.74, 6) is -3.17. The number of aromatic carboxylic acids is 1. The third kappa shape index (κ3) is 11.5. The van der Waals surface area contributed by atoms with E-state index in [1.807, 2.05) is 0 Å². The molecule has 0 aliphatic rings. The molecule has 0 fully saturated rings. The number of carbonyl (C=O) groups is 1. The molecule has 0 radical (unpaired) electrons. The van der Waals surface area contributed by atoms with Crippen molar-refractivity contribution in [1.82, 2.24) is 9.38 Å². The molecular formula is C40H37N9O14S3. The van der Waals surface area contributed by atoms with Gasteiger partial charge in [0.05, 0.1) is 57.6 Å². The summed E-state index contributed by atoms with van der Waals surface area (Å²) in [6.07, 6.45) is -0.289. The molecule has 0 aliphatic heterocycles. The lowest BCUT2D eigenvalue weighted by Gasteiger charge is -2.12. The Morgan fingerprint density at radius 2 is 1.23 bits per heavy atom. The van der Waals surface area contributed by atoms with Crippen LogP contribution in [-0.4, -0.2) is 89.2 Å². The average molecular weight is 964 g/mol. The SMILES string of the molecule is Cc1cc(N=Nc2c(C)c(C#N)c3nc4ccccc4n3c2O)c(OCCCS(=O)(=O)O)cc1N=Nc1cc(C)c(N=Nc2ccc(S(=O)(=O)O)cc2C(=O)O)cc1OCCCS(=O)(=O)O. The van der Waals surface area contributed by atoms with Gasteiger partial charge in [-0.2, -0.15) is 40.7 Å². The highest BCUT2D eigenvalue weighted by Crippen LogP contribution is 2.42. The van der Waals surface area contributed by atoms with Crippen LogP contribution in [0.2, 0.25) is 0 Å². The number of benzene rings is 4. The smallest absolute Gasteiger partial charge is 0.338 e. The van der Waals surface area contributed by atoms with Crippen LogP contribution in [0.5, 0.6) is 17.4 Å². The fourth-order valence-corrected chi connectivity index (χ4v) is 7.72. The Morgan fingerprint density at radius 1 is 0.712 bits per heavy atom. The maximum absolute atomic E-state index is 11.9. The number of ether oxygens (including phenoxy) is 2. The number of fused-ring (bicyclic) bond motifs is 3. The molecule has 0 amide bonds. The zero-order chi connectivity index (χ0) is 48.1. The van der Waals surface area contributed by atoms with E-state index in [1.54, 1.807) is 45.0 Å². The second-order valence-electron chi connectivity index (χ2n) is 14.3. The molecule has 0 aliphatic carbocycles. The predicted molar refractivity (Wildman–Crippen MR) is 235 cm³/mol. The monoisotopic (exact) mass is 963 g/mol. The van der Waals surface area contributed by atoms with Crippen molar-refractivity contribution in [3.8, 4) is 23.4 Å². The number of rotatable bonds is 18. The Balaban J connectivity index is 1.39. The lowest BCUT2D eigenvalue weighted by atomic mass is 10.1. The minimum absolute atomic E-state index is 0.0134. The van der Waals surface area contributed by atoms with E-state index in [0.717, 1.165) is 12.1 Å². The molecule has 0 atom stereocenters. The Kier molecular flexibility index (Phi) is 14.2. The number of carboxylic acid groups (broad SMARTS) is 1. The molecule has 0 bridgehead atoms. The Morgan fingerprint density at radius 3 is 1.74 bits per heavy atom. The van der Waals surface area contributed by atoms with Crippen molar-refractivity contribution in [1.29, 1.82) is 5.26 Å². The second-order valence-corrected chi connectivity index (χ2v) is 18.9. The van der Waals surface area contributed by atoms with E-state index in [9.17, 15) is 59.2 Å². The molecule has 0 unspecified atom stereocenters. The van der Waals surface area contributed by atoms with Gasteiger partial charge in [-0.05, 0) is 87.2 Å². The molecule has 66 heavy (non-hydrogen) atoms. The number of nitrogens with zero attached hydrogens (tertiary/aromatic N) is 9. The van der Waals surface area contributed by atoms with Crippen LogP contribution in [0.1, 0.15) is 45.5 Å². The highest BCUT2D eigenvalue weighted by Gasteiger charge is 2.22. The van der Waals surface area contributed by atoms with Gasteiger partial charge in [0.25, 0.3) is 30.4 Å². The fourth-order valence-electron chi connectivity index (χ4n) is 6.25. The number of hydrogen-bond acceptors (Lipinski definition) is 18. The van der Waals surface area contributed by atoms with Crippen LogP contribution in [0.4, 0.5) is 34.1 Å². The predicted octanol–water partition coefficient (Wildman–Crippen LogP) is 8.49. The minimum Gasteiger partial charge on any atom is -0.493 e. The van der Waals surface area contributed by atoms with Crippen LogP contribution in [0.3, 0.4) is 0 Å². The standard InChI is InChI=1S/C40H37N9O14S3/c1-22-16-32(35(62-12-6-14-64(53,54)55)19-30(22)44-43-28-11-10-25(66(59,60)61)18-26(28)40(51)52)46-45-31-20-36(63-13-7-15-65(56,57)58)33(17-23(31)2)47-48-37-24(3)27(21-41)38-42-29-8-4-5-9-34(29)49(38)39(37)50/h4-5,8-11,16-20,50H,6-7,12-15H2,1-3H3,(H,51,52)(H,53,54,55)(H,56,57,58)(H,59,60,61). The number of azo groups is 3. The van der Waals surface area contributed by atoms with Gasteiger partial charge in [-0.3, -0.25) is 18.1 Å². The van der Waals surface area contributed by atoms with Gasteiger partial charge in [0.2, 0.25) is 5.88 Å². The summed E-state index contributed by atoms with van der Waals surface area (Å²) in [6, 6.07) is 17.4. The van der Waals surface area contributed by atoms with Crippen LogP contribution >= 0.6 is 0 Å². The highest BCUT2D eigenvalue weighted by atomic mass is 32.2. The third-order valence-electron chi connectivity index (χ3n) is 9.50. The number of imidazole rings is 1. The molecule has 2 aromatic heterocycles. The van der Waals surface area contributed by atoms with Crippen LogP contribution in [0, 0.1) is 32.1 Å². The number of pyridine rings is 1. The molecule has 2 heterocycles. The zero-order valence-electron chi connectivity index (χ0n) is 34.8. The van der Waals surface area contributed by atoms with Crippen molar-refractivity contribution < 1.29 is 63.4 Å². The molecule has 5 N–H and O–H groups in total. The Labute approximate surface area is 375 Å². The van der Waals surface area contributed by atoms with Gasteiger partial charge >= 0.3 is 5.97 Å². The van der Waals surface area contributed by atoms with Crippen molar-refractivity contribution in [2.24, 2.45) is 30.7 Å². The van der Waals surface area contributed by atoms with Crippen molar-refractivity contribution in [2.75, 3.05) is 24.7 Å². The average Bonchev–Trinajstić information content (AvgIpc) is 3.62. The van der Waals surface area contributed by atoms with Gasteiger partial charge in [-0.15, -0.1) is 20.5 Å². The Hall–Kier alpha value is -7.28. The van der Waals surface area contributed by atoms with Crippen LogP contribution < -0.4 is 9.47 Å². The normalized spacial score (nSPS) is 12.5. The van der Waals surface area contributed by atoms with E-state index in [-0.39, 0.29) is 94.3 Å². The van der Waals surface area contributed by atoms with Crippen molar-refractivity contribution in [3.05, 3.63) is 94.5 Å². The number of aromatic nitrogens is 2. The van der Waals surface area contributed by atoms with Gasteiger partial charge < -0.3 is 19.7 Å². The summed E-state index contributed by atoms with van der Waals surface area (Å²) < 4.78 is 110. The molecule has 0 spiro atoms. The summed E-state index contributed by atoms with van der Waals surface area (Å²) in [6.45, 7) is 4.32. The van der Waals surface area contributed by atoms with Crippen molar-refractivity contribution in [3.63, 3.8) is 0 Å². The Bertz CT molecular complexity index is 3400. The molecule has 6 rings (SSSR count). The van der Waals surface area contributed by atoms with Crippen molar-refractivity contribution >= 4 is 87.1 Å². The summed E-state index contributed by atoms with van der Waals surface area (Å²) in [5, 5.41) is 56.6. The summed E-state index contributed by atoms with van der Waals surface area (Å²) in [7, 11) is -13.4. The number of hydrogen-bond donors (Lipinski definition) is 5.